The third-order valence-corrected chi connectivity index (χ3v) is 11.9. The number of rotatable bonds is 7. The quantitative estimate of drug-likeness (QED) is 0.161. The Morgan fingerprint density at radius 1 is 0.323 bits per heavy atom. The van der Waals surface area contributed by atoms with Crippen molar-refractivity contribution in [3.8, 4) is 67.5 Å². The Morgan fingerprint density at radius 3 is 1.31 bits per heavy atom. The van der Waals surface area contributed by atoms with Crippen LogP contribution in [0.3, 0.4) is 0 Å². The van der Waals surface area contributed by atoms with Crippen molar-refractivity contribution in [2.45, 2.75) is 0 Å². The van der Waals surface area contributed by atoms with E-state index in [1.54, 1.807) is 6.20 Å². The summed E-state index contributed by atoms with van der Waals surface area (Å²) >= 11 is 0. The van der Waals surface area contributed by atoms with Gasteiger partial charge < -0.3 is 9.13 Å². The second-order valence-electron chi connectivity index (χ2n) is 15.5. The molecule has 62 heavy (non-hydrogen) atoms. The van der Waals surface area contributed by atoms with Crippen LogP contribution < -0.4 is 0 Å². The number of benzene rings is 6. The molecule has 6 nitrogen and oxygen atoms in total. The highest BCUT2D eigenvalue weighted by atomic mass is 15.0. The molecule has 0 radical (unpaired) electrons. The summed E-state index contributed by atoms with van der Waals surface area (Å²) in [6.45, 7) is 0. The number of fused-ring (bicyclic) bond motifs is 6. The molecule has 0 saturated carbocycles. The summed E-state index contributed by atoms with van der Waals surface area (Å²) < 4.78 is 4.69. The van der Waals surface area contributed by atoms with Crippen LogP contribution in [0, 0.1) is 0 Å². The van der Waals surface area contributed by atoms with Crippen molar-refractivity contribution < 1.29 is 0 Å². The molecule has 0 aliphatic rings. The lowest BCUT2D eigenvalue weighted by molar-refractivity contribution is 1.17. The molecule has 6 heteroatoms. The van der Waals surface area contributed by atoms with Gasteiger partial charge in [0.25, 0.3) is 0 Å². The van der Waals surface area contributed by atoms with Gasteiger partial charge in [-0.2, -0.15) is 0 Å². The lowest BCUT2D eigenvalue weighted by Crippen LogP contribution is -1.96. The Hall–Kier alpha value is -8.48. The van der Waals surface area contributed by atoms with Gasteiger partial charge in [-0.15, -0.1) is 0 Å². The van der Waals surface area contributed by atoms with E-state index >= 15 is 0 Å². The molecule has 0 unspecified atom stereocenters. The number of pyridine rings is 4. The fraction of sp³-hybridized carbons (Fsp3) is 0. The summed E-state index contributed by atoms with van der Waals surface area (Å²) in [6.07, 6.45) is 7.51. The fourth-order valence-electron chi connectivity index (χ4n) is 9.10. The Morgan fingerprint density at radius 2 is 0.790 bits per heavy atom. The van der Waals surface area contributed by atoms with Crippen molar-refractivity contribution in [2.24, 2.45) is 0 Å². The molecule has 0 N–H and O–H groups in total. The molecule has 0 spiro atoms. The van der Waals surface area contributed by atoms with Crippen molar-refractivity contribution in [1.29, 1.82) is 0 Å². The van der Waals surface area contributed by atoms with E-state index in [4.69, 9.17) is 15.0 Å². The summed E-state index contributed by atoms with van der Waals surface area (Å²) in [5.74, 6) is 0. The highest BCUT2D eigenvalue weighted by molar-refractivity contribution is 6.16. The largest absolute Gasteiger partial charge is 0.309 e. The molecule has 0 atom stereocenters. The van der Waals surface area contributed by atoms with E-state index in [0.717, 1.165) is 100 Å². The molecule has 6 aromatic carbocycles. The van der Waals surface area contributed by atoms with Crippen LogP contribution in [-0.2, 0) is 0 Å². The van der Waals surface area contributed by atoms with Crippen LogP contribution in [0.25, 0.3) is 111 Å². The molecule has 0 aliphatic carbocycles. The average molecular weight is 793 g/mol. The van der Waals surface area contributed by atoms with Gasteiger partial charge in [0.2, 0.25) is 0 Å². The summed E-state index contributed by atoms with van der Waals surface area (Å²) in [5.41, 5.74) is 16.8. The van der Waals surface area contributed by atoms with Crippen LogP contribution in [0.5, 0.6) is 0 Å². The molecule has 6 heterocycles. The highest BCUT2D eigenvalue weighted by Crippen LogP contribution is 2.40. The summed E-state index contributed by atoms with van der Waals surface area (Å²) in [7, 11) is 0. The predicted molar refractivity (Wildman–Crippen MR) is 253 cm³/mol. The van der Waals surface area contributed by atoms with Gasteiger partial charge in [-0.05, 0) is 83.9 Å². The van der Waals surface area contributed by atoms with Crippen LogP contribution in [0.15, 0.2) is 219 Å². The SMILES string of the molecule is c1ccc(-c2nccc3c2c2ccccc2n3-c2ccc(-c3cc(-c4ccc(-n5c6ccccc6c6c(-c7ccccc7)nccc65)cc4)nc(-c4cccnc4)c3)cc2)cc1. The maximum absolute atomic E-state index is 5.23. The molecule has 0 aliphatic heterocycles. The monoisotopic (exact) mass is 792 g/mol. The van der Waals surface area contributed by atoms with Crippen molar-refractivity contribution in [3.63, 3.8) is 0 Å². The van der Waals surface area contributed by atoms with Crippen LogP contribution in [-0.4, -0.2) is 29.1 Å². The zero-order valence-corrected chi connectivity index (χ0v) is 33.5. The normalized spacial score (nSPS) is 11.5. The van der Waals surface area contributed by atoms with Crippen LogP contribution in [0.4, 0.5) is 0 Å². The van der Waals surface area contributed by atoms with Gasteiger partial charge in [0, 0.05) is 80.0 Å². The van der Waals surface area contributed by atoms with Gasteiger partial charge in [0.1, 0.15) is 0 Å². The van der Waals surface area contributed by atoms with E-state index in [2.05, 4.69) is 190 Å². The maximum atomic E-state index is 5.23. The first-order valence-electron chi connectivity index (χ1n) is 20.8. The van der Waals surface area contributed by atoms with Gasteiger partial charge >= 0.3 is 0 Å². The van der Waals surface area contributed by atoms with Gasteiger partial charge in [-0.3, -0.25) is 15.0 Å². The first-order chi connectivity index (χ1) is 30.8. The smallest absolute Gasteiger partial charge is 0.0802 e. The highest BCUT2D eigenvalue weighted by Gasteiger charge is 2.19. The van der Waals surface area contributed by atoms with Gasteiger partial charge in [-0.25, -0.2) is 4.98 Å². The zero-order chi connectivity index (χ0) is 41.0. The second kappa shape index (κ2) is 14.7. The first-order valence-corrected chi connectivity index (χ1v) is 20.8. The molecule has 6 aromatic heterocycles. The number of nitrogens with zero attached hydrogens (tertiary/aromatic N) is 6. The number of para-hydroxylation sites is 2. The minimum Gasteiger partial charge on any atom is -0.309 e. The van der Waals surface area contributed by atoms with E-state index in [1.807, 2.05) is 36.8 Å². The van der Waals surface area contributed by atoms with Gasteiger partial charge in [0.15, 0.2) is 0 Å². The molecule has 0 bridgehead atoms. The third kappa shape index (κ3) is 5.88. The molecule has 0 saturated heterocycles. The molecule has 12 aromatic rings. The van der Waals surface area contributed by atoms with E-state index in [-0.39, 0.29) is 0 Å². The van der Waals surface area contributed by atoms with Crippen LogP contribution in [0.1, 0.15) is 0 Å². The minimum absolute atomic E-state index is 0.866. The molecule has 0 amide bonds. The zero-order valence-electron chi connectivity index (χ0n) is 33.5. The minimum atomic E-state index is 0.866. The molecule has 0 fully saturated rings. The van der Waals surface area contributed by atoms with E-state index in [0.29, 0.717) is 0 Å². The van der Waals surface area contributed by atoms with Crippen molar-refractivity contribution in [1.82, 2.24) is 29.1 Å². The molecule has 12 rings (SSSR count). The topological polar surface area (TPSA) is 61.4 Å². The Balaban J connectivity index is 0.953. The lowest BCUT2D eigenvalue weighted by atomic mass is 10.00. The van der Waals surface area contributed by atoms with Crippen LogP contribution in [0.2, 0.25) is 0 Å². The maximum Gasteiger partial charge on any atom is 0.0802 e. The number of hydrogen-bond acceptors (Lipinski definition) is 4. The second-order valence-corrected chi connectivity index (χ2v) is 15.5. The number of aromatic nitrogens is 6. The Labute approximate surface area is 357 Å². The number of hydrogen-bond donors (Lipinski definition) is 0. The Bertz CT molecular complexity index is 3370. The summed E-state index contributed by atoms with van der Waals surface area (Å²) in [5, 5.41) is 4.65. The Kier molecular flexibility index (Phi) is 8.38. The van der Waals surface area contributed by atoms with Gasteiger partial charge in [-0.1, -0.05) is 121 Å². The molecule has 290 valence electrons. The van der Waals surface area contributed by atoms with Gasteiger partial charge in [0.05, 0.1) is 44.8 Å². The van der Waals surface area contributed by atoms with E-state index < -0.39 is 0 Å². The predicted octanol–water partition coefficient (Wildman–Crippen LogP) is 13.8. The summed E-state index contributed by atoms with van der Waals surface area (Å²) in [4.78, 5) is 19.4. The van der Waals surface area contributed by atoms with Crippen molar-refractivity contribution in [3.05, 3.63) is 219 Å². The van der Waals surface area contributed by atoms with E-state index in [9.17, 15) is 0 Å². The van der Waals surface area contributed by atoms with Crippen LogP contribution >= 0.6 is 0 Å². The standard InChI is InChI=1S/C56H36N6/c1-3-12-39(13-4-1)55-53-45-17-7-9-19-49(45)61(51(53)29-32-58-55)43-25-21-37(22-26-43)42-34-47(60-48(35-42)41-16-11-31-57-36-41)38-23-27-44(28-24-38)62-50-20-10-8-18-46(50)54-52(62)30-33-59-56(54)40-14-5-2-6-15-40/h1-36H. The average Bonchev–Trinajstić information content (AvgIpc) is 3.88. The van der Waals surface area contributed by atoms with Crippen molar-refractivity contribution >= 4 is 43.6 Å². The molecular formula is C56H36N6. The lowest BCUT2D eigenvalue weighted by Gasteiger charge is -2.13. The molecular weight excluding hydrogens is 757 g/mol. The first kappa shape index (κ1) is 35.5. The summed E-state index contributed by atoms with van der Waals surface area (Å²) in [6, 6.07) is 68.3. The fourth-order valence-corrected chi connectivity index (χ4v) is 9.10. The van der Waals surface area contributed by atoms with E-state index in [1.165, 1.54) is 10.8 Å². The third-order valence-electron chi connectivity index (χ3n) is 11.9. The van der Waals surface area contributed by atoms with Crippen molar-refractivity contribution in [2.75, 3.05) is 0 Å².